The third-order valence-electron chi connectivity index (χ3n) is 4.46. The fourth-order valence-corrected chi connectivity index (χ4v) is 3.52. The van der Waals surface area contributed by atoms with Crippen LogP contribution in [0, 0.1) is 0 Å². The van der Waals surface area contributed by atoms with Crippen LogP contribution in [0.4, 0.5) is 0 Å². The molecular weight excluding hydrogens is 352 g/mol. The first-order valence-electron chi connectivity index (χ1n) is 8.53. The van der Waals surface area contributed by atoms with Gasteiger partial charge in [0.25, 0.3) is 11.5 Å². The van der Waals surface area contributed by atoms with Crippen LogP contribution in [0.3, 0.4) is 0 Å². The molecule has 1 aliphatic rings. The first-order valence-corrected chi connectivity index (χ1v) is 9.75. The van der Waals surface area contributed by atoms with Gasteiger partial charge in [-0.3, -0.25) is 9.59 Å². The largest absolute Gasteiger partial charge is 0.507 e. The van der Waals surface area contributed by atoms with Crippen LogP contribution in [-0.4, -0.2) is 35.0 Å². The number of nitrogens with zero attached hydrogens (tertiary/aromatic N) is 1. The van der Waals surface area contributed by atoms with Crippen LogP contribution in [-0.2, 0) is 24.3 Å². The molecule has 0 aliphatic carbocycles. The number of rotatable bonds is 5. The Hall–Kier alpha value is -2.25. The van der Waals surface area contributed by atoms with E-state index in [0.717, 1.165) is 10.5 Å². The maximum Gasteiger partial charge on any atom is 0.267 e. The van der Waals surface area contributed by atoms with E-state index in [1.165, 1.54) is 0 Å². The number of thioether (sulfide) groups is 1. The summed E-state index contributed by atoms with van der Waals surface area (Å²) in [5.41, 5.74) is 1.53. The van der Waals surface area contributed by atoms with Gasteiger partial charge in [0.05, 0.1) is 25.5 Å². The van der Waals surface area contributed by atoms with Crippen molar-refractivity contribution in [2.75, 3.05) is 19.4 Å². The van der Waals surface area contributed by atoms with E-state index in [4.69, 9.17) is 4.74 Å². The number of benzene rings is 1. The van der Waals surface area contributed by atoms with Crippen LogP contribution in [0.2, 0.25) is 0 Å². The minimum absolute atomic E-state index is 0.187. The molecule has 0 saturated carbocycles. The average Bonchev–Trinajstić information content (AvgIpc) is 2.66. The Morgan fingerprint density at radius 3 is 2.73 bits per heavy atom. The molecule has 0 bridgehead atoms. The molecule has 1 aromatic heterocycles. The average molecular weight is 374 g/mol. The van der Waals surface area contributed by atoms with Crippen molar-refractivity contribution in [2.24, 2.45) is 0 Å². The van der Waals surface area contributed by atoms with E-state index < -0.39 is 11.5 Å². The number of hydrogen-bond donors (Lipinski definition) is 2. The molecule has 1 aromatic carbocycles. The molecule has 1 aliphatic heterocycles. The summed E-state index contributed by atoms with van der Waals surface area (Å²) in [5, 5.41) is 13.1. The van der Waals surface area contributed by atoms with E-state index in [0.29, 0.717) is 37.4 Å². The molecule has 2 N–H and O–H groups in total. The topological polar surface area (TPSA) is 80.6 Å². The number of fused-ring (bicyclic) bond motifs is 1. The monoisotopic (exact) mass is 374 g/mol. The highest BCUT2D eigenvalue weighted by atomic mass is 32.2. The van der Waals surface area contributed by atoms with Crippen molar-refractivity contribution >= 4 is 17.7 Å². The van der Waals surface area contributed by atoms with Gasteiger partial charge in [-0.05, 0) is 30.9 Å². The fourth-order valence-electron chi connectivity index (χ4n) is 3.11. The number of carbonyl (C=O) groups excluding carboxylic acids is 1. The van der Waals surface area contributed by atoms with Crippen LogP contribution in [0.1, 0.15) is 34.1 Å². The Labute approximate surface area is 156 Å². The zero-order chi connectivity index (χ0) is 18.7. The molecule has 3 rings (SSSR count). The van der Waals surface area contributed by atoms with Crippen molar-refractivity contribution < 1.29 is 14.6 Å². The molecule has 2 aromatic rings. The fraction of sp³-hybridized carbons (Fsp3) is 0.368. The molecule has 0 unspecified atom stereocenters. The van der Waals surface area contributed by atoms with Gasteiger partial charge >= 0.3 is 0 Å². The van der Waals surface area contributed by atoms with Gasteiger partial charge in [0.2, 0.25) is 0 Å². The molecule has 26 heavy (non-hydrogen) atoms. The van der Waals surface area contributed by atoms with Gasteiger partial charge < -0.3 is 19.7 Å². The van der Waals surface area contributed by atoms with E-state index >= 15 is 0 Å². The van der Waals surface area contributed by atoms with Gasteiger partial charge in [-0.25, -0.2) is 0 Å². The Kier molecular flexibility index (Phi) is 5.68. The maximum atomic E-state index is 13.0. The van der Waals surface area contributed by atoms with Crippen LogP contribution < -0.4 is 10.9 Å². The van der Waals surface area contributed by atoms with Gasteiger partial charge in [0.15, 0.2) is 0 Å². The normalized spacial score (nSPS) is 13.3. The van der Waals surface area contributed by atoms with Gasteiger partial charge in [0, 0.05) is 23.4 Å². The van der Waals surface area contributed by atoms with E-state index in [1.807, 2.05) is 30.5 Å². The van der Waals surface area contributed by atoms with Crippen molar-refractivity contribution in [2.45, 2.75) is 31.4 Å². The molecule has 0 fully saturated rings. The SMILES string of the molecule is CCNC(=O)c1c(O)c2c(n(Cc3ccc(SC)cc3)c1=O)COCC2. The Morgan fingerprint density at radius 2 is 2.08 bits per heavy atom. The molecule has 0 spiro atoms. The molecular formula is C19H22N2O4S. The molecule has 138 valence electrons. The summed E-state index contributed by atoms with van der Waals surface area (Å²) in [6.07, 6.45) is 2.48. The lowest BCUT2D eigenvalue weighted by Gasteiger charge is -2.24. The summed E-state index contributed by atoms with van der Waals surface area (Å²) in [6, 6.07) is 7.93. The summed E-state index contributed by atoms with van der Waals surface area (Å²) in [5.74, 6) is -0.760. The first kappa shape index (κ1) is 18.5. The van der Waals surface area contributed by atoms with E-state index in [9.17, 15) is 14.7 Å². The number of nitrogens with one attached hydrogen (secondary N) is 1. The smallest absolute Gasteiger partial charge is 0.267 e. The lowest BCUT2D eigenvalue weighted by molar-refractivity contribution is 0.0937. The summed E-state index contributed by atoms with van der Waals surface area (Å²) in [4.78, 5) is 26.5. The molecule has 2 heterocycles. The number of pyridine rings is 1. The van der Waals surface area contributed by atoms with Crippen molar-refractivity contribution in [1.29, 1.82) is 0 Å². The number of amides is 1. The summed E-state index contributed by atoms with van der Waals surface area (Å²) >= 11 is 1.65. The molecule has 0 radical (unpaired) electrons. The first-order chi connectivity index (χ1) is 12.6. The van der Waals surface area contributed by atoms with Gasteiger partial charge in [-0.15, -0.1) is 11.8 Å². The van der Waals surface area contributed by atoms with E-state index in [2.05, 4.69) is 5.32 Å². The van der Waals surface area contributed by atoms with Crippen molar-refractivity contribution in [1.82, 2.24) is 9.88 Å². The number of carbonyl (C=O) groups is 1. The Morgan fingerprint density at radius 1 is 1.35 bits per heavy atom. The van der Waals surface area contributed by atoms with Crippen molar-refractivity contribution in [3.05, 3.63) is 57.0 Å². The predicted molar refractivity (Wildman–Crippen MR) is 101 cm³/mol. The van der Waals surface area contributed by atoms with E-state index in [1.54, 1.807) is 23.3 Å². The lowest BCUT2D eigenvalue weighted by Crippen LogP contribution is -2.37. The number of ether oxygens (including phenoxy) is 1. The minimum atomic E-state index is -0.546. The van der Waals surface area contributed by atoms with Crippen LogP contribution >= 0.6 is 11.8 Å². The van der Waals surface area contributed by atoms with Crippen molar-refractivity contribution in [3.8, 4) is 5.75 Å². The van der Waals surface area contributed by atoms with Gasteiger partial charge in [0.1, 0.15) is 11.3 Å². The third kappa shape index (κ3) is 3.50. The van der Waals surface area contributed by atoms with Gasteiger partial charge in [-0.2, -0.15) is 0 Å². The molecule has 0 saturated heterocycles. The number of hydrogen-bond acceptors (Lipinski definition) is 5. The second kappa shape index (κ2) is 7.97. The highest BCUT2D eigenvalue weighted by molar-refractivity contribution is 7.98. The van der Waals surface area contributed by atoms with Crippen molar-refractivity contribution in [3.63, 3.8) is 0 Å². The summed E-state index contributed by atoms with van der Waals surface area (Å²) < 4.78 is 7.04. The Bertz CT molecular complexity index is 875. The van der Waals surface area contributed by atoms with E-state index in [-0.39, 0.29) is 17.9 Å². The molecule has 1 amide bonds. The highest BCUT2D eigenvalue weighted by Crippen LogP contribution is 2.28. The highest BCUT2D eigenvalue weighted by Gasteiger charge is 2.27. The number of aromatic hydroxyl groups is 1. The minimum Gasteiger partial charge on any atom is -0.507 e. The van der Waals surface area contributed by atoms with Gasteiger partial charge in [-0.1, -0.05) is 12.1 Å². The zero-order valence-corrected chi connectivity index (χ0v) is 15.7. The lowest BCUT2D eigenvalue weighted by atomic mass is 10.0. The molecule has 6 nitrogen and oxygen atoms in total. The third-order valence-corrected chi connectivity index (χ3v) is 5.20. The van der Waals surface area contributed by atoms with Crippen LogP contribution in [0.15, 0.2) is 34.0 Å². The van der Waals surface area contributed by atoms with Crippen LogP contribution in [0.5, 0.6) is 5.75 Å². The predicted octanol–water partition coefficient (Wildman–Crippen LogP) is 2.15. The maximum absolute atomic E-state index is 13.0. The second-order valence-corrected chi connectivity index (χ2v) is 6.93. The second-order valence-electron chi connectivity index (χ2n) is 6.05. The van der Waals surface area contributed by atoms with Crippen LogP contribution in [0.25, 0.3) is 0 Å². The number of aromatic nitrogens is 1. The summed E-state index contributed by atoms with van der Waals surface area (Å²) in [6.45, 7) is 3.18. The Balaban J connectivity index is 2.11. The zero-order valence-electron chi connectivity index (χ0n) is 14.9. The molecule has 0 atom stereocenters. The molecule has 7 heteroatoms. The quantitative estimate of drug-likeness (QED) is 0.784. The standard InChI is InChI=1S/C19H22N2O4S/c1-3-20-18(23)16-17(22)14-8-9-25-11-15(14)21(19(16)24)10-12-4-6-13(26-2)7-5-12/h4-7,22H,3,8-11H2,1-2H3,(H,20,23). The summed E-state index contributed by atoms with van der Waals surface area (Å²) in [7, 11) is 0.